The topological polar surface area (TPSA) is 12.9 Å². The van der Waals surface area contributed by atoms with E-state index < -0.39 is 0 Å². The van der Waals surface area contributed by atoms with Gasteiger partial charge in [0.15, 0.2) is 0 Å². The Morgan fingerprint density at radius 3 is 2.33 bits per heavy atom. The van der Waals surface area contributed by atoms with Gasteiger partial charge in [0.1, 0.15) is 5.15 Å². The van der Waals surface area contributed by atoms with Gasteiger partial charge in [-0.25, -0.2) is 4.98 Å². The summed E-state index contributed by atoms with van der Waals surface area (Å²) < 4.78 is 0. The normalized spacial score (nSPS) is 9.47. The second kappa shape index (κ2) is 5.92. The van der Waals surface area contributed by atoms with Crippen LogP contribution >= 0.6 is 24.2 Å². The molecular formula is C11H9ClNNaS. The summed E-state index contributed by atoms with van der Waals surface area (Å²) in [6, 6.07) is 11.6. The Kier molecular flexibility index (Phi) is 5.16. The van der Waals surface area contributed by atoms with Crippen molar-refractivity contribution >= 4 is 53.8 Å². The number of thiol groups is 1. The third-order valence-corrected chi connectivity index (χ3v) is 2.64. The molecule has 0 saturated carbocycles. The van der Waals surface area contributed by atoms with Crippen molar-refractivity contribution < 1.29 is 0 Å². The molecule has 1 heterocycles. The monoisotopic (exact) mass is 245 g/mol. The Morgan fingerprint density at radius 1 is 1.00 bits per heavy atom. The molecule has 0 N–H and O–H groups in total. The fraction of sp³-hybridized carbons (Fsp3) is 0. The Labute approximate surface area is 122 Å². The van der Waals surface area contributed by atoms with E-state index in [9.17, 15) is 0 Å². The van der Waals surface area contributed by atoms with Crippen molar-refractivity contribution in [2.75, 3.05) is 0 Å². The molecule has 1 nitrogen and oxygen atoms in total. The molecule has 1 aromatic carbocycles. The predicted octanol–water partition coefficient (Wildman–Crippen LogP) is 3.04. The second-order valence-electron chi connectivity index (χ2n) is 2.86. The van der Waals surface area contributed by atoms with Crippen molar-refractivity contribution in [3.8, 4) is 11.1 Å². The van der Waals surface area contributed by atoms with E-state index in [0.29, 0.717) is 5.15 Å². The van der Waals surface area contributed by atoms with Gasteiger partial charge in [-0.2, -0.15) is 0 Å². The number of hydrogen-bond acceptors (Lipinski definition) is 2. The molecule has 0 aliphatic carbocycles. The van der Waals surface area contributed by atoms with Gasteiger partial charge in [-0.05, 0) is 23.8 Å². The molecule has 0 aliphatic rings. The van der Waals surface area contributed by atoms with Crippen LogP contribution in [-0.4, -0.2) is 34.5 Å². The second-order valence-corrected chi connectivity index (χ2v) is 3.70. The van der Waals surface area contributed by atoms with E-state index >= 15 is 0 Å². The van der Waals surface area contributed by atoms with Gasteiger partial charge in [0, 0.05) is 16.7 Å². The number of nitrogens with zero attached hydrogens (tertiary/aromatic N) is 1. The summed E-state index contributed by atoms with van der Waals surface area (Å²) in [6.45, 7) is 0. The van der Waals surface area contributed by atoms with Gasteiger partial charge in [-0.1, -0.05) is 29.8 Å². The van der Waals surface area contributed by atoms with Gasteiger partial charge in [-0.15, -0.1) is 12.6 Å². The van der Waals surface area contributed by atoms with Crippen molar-refractivity contribution in [1.29, 1.82) is 0 Å². The number of aromatic nitrogens is 1. The summed E-state index contributed by atoms with van der Waals surface area (Å²) in [5.41, 5.74) is 1.92. The van der Waals surface area contributed by atoms with Crippen LogP contribution in [0, 0.1) is 0 Å². The molecule has 0 saturated heterocycles. The first kappa shape index (κ1) is 13.1. The van der Waals surface area contributed by atoms with Crippen molar-refractivity contribution in [3.05, 3.63) is 47.7 Å². The van der Waals surface area contributed by atoms with Crippen LogP contribution in [0.5, 0.6) is 0 Å². The molecule has 0 spiro atoms. The summed E-state index contributed by atoms with van der Waals surface area (Å²) in [6.07, 6.45) is 1.67. The number of halogens is 1. The molecular weight excluding hydrogens is 237 g/mol. The third kappa shape index (κ3) is 2.99. The van der Waals surface area contributed by atoms with E-state index in [4.69, 9.17) is 11.6 Å². The quantitative estimate of drug-likeness (QED) is 0.463. The van der Waals surface area contributed by atoms with Crippen molar-refractivity contribution in [1.82, 2.24) is 4.98 Å². The molecule has 1 aromatic heterocycles. The molecule has 0 radical (unpaired) electrons. The predicted molar refractivity (Wildman–Crippen MR) is 69.1 cm³/mol. The van der Waals surface area contributed by atoms with Crippen LogP contribution in [0.15, 0.2) is 47.5 Å². The molecule has 72 valence electrons. The van der Waals surface area contributed by atoms with E-state index in [1.807, 2.05) is 36.4 Å². The summed E-state index contributed by atoms with van der Waals surface area (Å²) in [4.78, 5) is 4.93. The van der Waals surface area contributed by atoms with Gasteiger partial charge < -0.3 is 0 Å². The average molecular weight is 246 g/mol. The molecule has 2 rings (SSSR count). The van der Waals surface area contributed by atoms with E-state index in [1.165, 1.54) is 0 Å². The Bertz CT molecular complexity index is 418. The number of benzene rings is 1. The fourth-order valence-corrected chi connectivity index (χ4v) is 1.79. The van der Waals surface area contributed by atoms with Crippen molar-refractivity contribution in [2.45, 2.75) is 4.90 Å². The van der Waals surface area contributed by atoms with Crippen molar-refractivity contribution in [2.24, 2.45) is 0 Å². The molecule has 0 atom stereocenters. The van der Waals surface area contributed by atoms with Crippen LogP contribution in [0.4, 0.5) is 0 Å². The molecule has 4 heteroatoms. The molecule has 15 heavy (non-hydrogen) atoms. The van der Waals surface area contributed by atoms with Crippen LogP contribution in [-0.2, 0) is 0 Å². The van der Waals surface area contributed by atoms with Crippen LogP contribution in [0.1, 0.15) is 0 Å². The molecule has 0 aliphatic heterocycles. The Hall–Kier alpha value is 0.01000. The van der Waals surface area contributed by atoms with Crippen LogP contribution in [0.25, 0.3) is 11.1 Å². The van der Waals surface area contributed by atoms with E-state index in [0.717, 1.165) is 16.0 Å². The number of rotatable bonds is 1. The zero-order valence-corrected chi connectivity index (χ0v) is 8.96. The van der Waals surface area contributed by atoms with Gasteiger partial charge in [0.25, 0.3) is 0 Å². The van der Waals surface area contributed by atoms with E-state index in [1.54, 1.807) is 6.20 Å². The molecule has 2 aromatic rings. The van der Waals surface area contributed by atoms with Gasteiger partial charge in [0.2, 0.25) is 0 Å². The van der Waals surface area contributed by atoms with E-state index in [-0.39, 0.29) is 29.6 Å². The standard InChI is InChI=1S/C11H8ClNS.Na.H/c12-11-9(5-3-7-13-11)8-4-1-2-6-10(8)14;;/h1-7,14H;;. The van der Waals surface area contributed by atoms with Crippen LogP contribution in [0.3, 0.4) is 0 Å². The summed E-state index contributed by atoms with van der Waals surface area (Å²) in [5.74, 6) is 0. The molecule has 0 unspecified atom stereocenters. The molecule has 0 fully saturated rings. The number of pyridine rings is 1. The van der Waals surface area contributed by atoms with Gasteiger partial charge in [-0.3, -0.25) is 0 Å². The minimum atomic E-state index is 0. The average Bonchev–Trinajstić information content (AvgIpc) is 2.20. The molecule has 0 bridgehead atoms. The van der Waals surface area contributed by atoms with Gasteiger partial charge in [0.05, 0.1) is 0 Å². The van der Waals surface area contributed by atoms with Crippen LogP contribution < -0.4 is 0 Å². The maximum absolute atomic E-state index is 5.99. The Morgan fingerprint density at radius 2 is 1.67 bits per heavy atom. The summed E-state index contributed by atoms with van der Waals surface area (Å²) >= 11 is 10.4. The first-order chi connectivity index (χ1) is 6.79. The maximum atomic E-state index is 5.99. The van der Waals surface area contributed by atoms with Crippen molar-refractivity contribution in [3.63, 3.8) is 0 Å². The first-order valence-corrected chi connectivity index (χ1v) is 5.00. The van der Waals surface area contributed by atoms with Crippen LogP contribution in [0.2, 0.25) is 5.15 Å². The SMILES string of the molecule is Sc1ccccc1-c1cccnc1Cl.[NaH]. The summed E-state index contributed by atoms with van der Waals surface area (Å²) in [7, 11) is 0. The van der Waals surface area contributed by atoms with E-state index in [2.05, 4.69) is 17.6 Å². The fourth-order valence-electron chi connectivity index (χ4n) is 1.29. The first-order valence-electron chi connectivity index (χ1n) is 4.18. The molecule has 0 amide bonds. The third-order valence-electron chi connectivity index (χ3n) is 1.95. The zero-order valence-electron chi connectivity index (χ0n) is 7.31. The minimum absolute atomic E-state index is 0. The zero-order chi connectivity index (χ0) is 9.97. The van der Waals surface area contributed by atoms with Gasteiger partial charge >= 0.3 is 29.6 Å². The summed E-state index contributed by atoms with van der Waals surface area (Å²) in [5, 5.41) is 0.508. The number of hydrogen-bond donors (Lipinski definition) is 1. The Balaban J connectivity index is 0.00000112.